The molecule has 0 aliphatic heterocycles. The van der Waals surface area contributed by atoms with Crippen LogP contribution < -0.4 is 5.73 Å². The summed E-state index contributed by atoms with van der Waals surface area (Å²) in [6.45, 7) is 3.02. The molecule has 2 aromatic carbocycles. The largest absolute Gasteiger partial charge is 0.354 e. The molecule has 0 atom stereocenters. The number of hydrogen-bond donors (Lipinski definition) is 2. The molecule has 0 amide bonds. The number of aromatic amines is 1. The predicted octanol–water partition coefficient (Wildman–Crippen LogP) is 5.88. The minimum absolute atomic E-state index is 0. The molecule has 0 radical (unpaired) electrons. The lowest BCUT2D eigenvalue weighted by Crippen LogP contribution is -1.99. The van der Waals surface area contributed by atoms with Crippen LogP contribution >= 0.6 is 12.4 Å². The Balaban J connectivity index is 0.00000225. The summed E-state index contributed by atoms with van der Waals surface area (Å²) in [4.78, 5) is 3.66. The van der Waals surface area contributed by atoms with Gasteiger partial charge in [0.2, 0.25) is 0 Å². The van der Waals surface area contributed by atoms with Crippen molar-refractivity contribution in [2.24, 2.45) is 5.73 Å². The fourth-order valence-corrected chi connectivity index (χ4v) is 3.39. The van der Waals surface area contributed by atoms with Gasteiger partial charge in [-0.05, 0) is 67.5 Å². The summed E-state index contributed by atoms with van der Waals surface area (Å²) >= 11 is 0. The van der Waals surface area contributed by atoms with Gasteiger partial charge in [0.05, 0.1) is 0 Å². The average molecular weight is 357 g/mol. The number of rotatable bonds is 8. The minimum Gasteiger partial charge on any atom is -0.354 e. The number of H-pyrrole nitrogens is 1. The zero-order valence-corrected chi connectivity index (χ0v) is 15.9. The summed E-state index contributed by atoms with van der Waals surface area (Å²) < 4.78 is 0. The van der Waals surface area contributed by atoms with E-state index < -0.39 is 0 Å². The van der Waals surface area contributed by atoms with Gasteiger partial charge in [-0.25, -0.2) is 0 Å². The number of halogens is 1. The molecular formula is C22H29ClN2. The van der Waals surface area contributed by atoms with Crippen molar-refractivity contribution in [2.45, 2.75) is 45.4 Å². The second kappa shape index (κ2) is 9.65. The van der Waals surface area contributed by atoms with E-state index >= 15 is 0 Å². The number of fused-ring (bicyclic) bond motifs is 1. The van der Waals surface area contributed by atoms with Crippen molar-refractivity contribution in [3.05, 3.63) is 59.7 Å². The molecule has 1 heterocycles. The van der Waals surface area contributed by atoms with Crippen LogP contribution in [0, 0.1) is 0 Å². The number of aromatic nitrogens is 1. The van der Waals surface area contributed by atoms with Crippen molar-refractivity contribution >= 4 is 23.3 Å². The predicted molar refractivity (Wildman–Crippen MR) is 112 cm³/mol. The molecule has 1 aromatic heterocycles. The summed E-state index contributed by atoms with van der Waals surface area (Å²) in [7, 11) is 0. The van der Waals surface area contributed by atoms with Crippen LogP contribution in [0.2, 0.25) is 0 Å². The first kappa shape index (κ1) is 19.6. The summed E-state index contributed by atoms with van der Waals surface area (Å²) in [5.41, 5.74) is 12.4. The zero-order chi connectivity index (χ0) is 16.8. The van der Waals surface area contributed by atoms with Crippen molar-refractivity contribution in [3.63, 3.8) is 0 Å². The highest BCUT2D eigenvalue weighted by Gasteiger charge is 2.13. The van der Waals surface area contributed by atoms with E-state index in [2.05, 4.69) is 60.4 Å². The SMILES string of the molecule is CCCCc1ccc2[nH]c(-c3ccccc3)c(CCCCN)c2c1.Cl. The van der Waals surface area contributed by atoms with E-state index in [9.17, 15) is 0 Å². The van der Waals surface area contributed by atoms with Gasteiger partial charge in [0, 0.05) is 16.6 Å². The average Bonchev–Trinajstić information content (AvgIpc) is 2.99. The lowest BCUT2D eigenvalue weighted by atomic mass is 9.98. The molecule has 0 saturated heterocycles. The molecule has 0 spiro atoms. The van der Waals surface area contributed by atoms with E-state index in [1.54, 1.807) is 0 Å². The van der Waals surface area contributed by atoms with Crippen LogP contribution in [0.4, 0.5) is 0 Å². The third kappa shape index (κ3) is 4.65. The molecule has 3 rings (SSSR count). The highest BCUT2D eigenvalue weighted by molar-refractivity contribution is 5.91. The van der Waals surface area contributed by atoms with E-state index in [1.807, 2.05) is 0 Å². The highest BCUT2D eigenvalue weighted by atomic mass is 35.5. The Morgan fingerprint density at radius 3 is 2.44 bits per heavy atom. The number of nitrogens with two attached hydrogens (primary N) is 1. The van der Waals surface area contributed by atoms with Crippen molar-refractivity contribution in [2.75, 3.05) is 6.54 Å². The van der Waals surface area contributed by atoms with Gasteiger partial charge in [-0.2, -0.15) is 0 Å². The Morgan fingerprint density at radius 2 is 1.72 bits per heavy atom. The second-order valence-electron chi connectivity index (χ2n) is 6.57. The van der Waals surface area contributed by atoms with Crippen molar-refractivity contribution in [1.82, 2.24) is 4.98 Å². The number of benzene rings is 2. The number of unbranched alkanes of at least 4 members (excludes halogenated alkanes) is 2. The molecular weight excluding hydrogens is 328 g/mol. The maximum absolute atomic E-state index is 5.70. The molecule has 3 aromatic rings. The Bertz CT molecular complexity index is 777. The van der Waals surface area contributed by atoms with Crippen molar-refractivity contribution in [1.29, 1.82) is 0 Å². The third-order valence-corrected chi connectivity index (χ3v) is 4.73. The Labute approximate surface area is 157 Å². The summed E-state index contributed by atoms with van der Waals surface area (Å²) in [5, 5.41) is 1.39. The molecule has 3 N–H and O–H groups in total. The molecule has 0 unspecified atom stereocenters. The third-order valence-electron chi connectivity index (χ3n) is 4.73. The van der Waals surface area contributed by atoms with Gasteiger partial charge in [-0.15, -0.1) is 12.4 Å². The van der Waals surface area contributed by atoms with Crippen LogP contribution in [-0.4, -0.2) is 11.5 Å². The maximum Gasteiger partial charge on any atom is 0.0497 e. The fraction of sp³-hybridized carbons (Fsp3) is 0.364. The Kier molecular flexibility index (Phi) is 7.54. The zero-order valence-electron chi connectivity index (χ0n) is 15.1. The summed E-state index contributed by atoms with van der Waals surface area (Å²) in [6, 6.07) is 17.6. The van der Waals surface area contributed by atoms with Crippen LogP contribution in [-0.2, 0) is 12.8 Å². The molecule has 2 nitrogen and oxygen atoms in total. The molecule has 25 heavy (non-hydrogen) atoms. The lowest BCUT2D eigenvalue weighted by molar-refractivity contribution is 0.748. The van der Waals surface area contributed by atoms with Crippen LogP contribution in [0.1, 0.15) is 43.7 Å². The van der Waals surface area contributed by atoms with Crippen molar-refractivity contribution < 1.29 is 0 Å². The molecule has 0 saturated carbocycles. The van der Waals surface area contributed by atoms with Crippen LogP contribution in [0.15, 0.2) is 48.5 Å². The smallest absolute Gasteiger partial charge is 0.0497 e. The first-order valence-electron chi connectivity index (χ1n) is 9.22. The van der Waals surface area contributed by atoms with E-state index in [-0.39, 0.29) is 12.4 Å². The summed E-state index contributed by atoms with van der Waals surface area (Å²) in [6.07, 6.45) is 6.96. The second-order valence-corrected chi connectivity index (χ2v) is 6.57. The lowest BCUT2D eigenvalue weighted by Gasteiger charge is -2.06. The van der Waals surface area contributed by atoms with Crippen molar-refractivity contribution in [3.8, 4) is 11.3 Å². The van der Waals surface area contributed by atoms with Gasteiger partial charge in [-0.1, -0.05) is 49.7 Å². The maximum atomic E-state index is 5.70. The molecule has 3 heteroatoms. The van der Waals surface area contributed by atoms with Crippen LogP contribution in [0.5, 0.6) is 0 Å². The first-order valence-corrected chi connectivity index (χ1v) is 9.22. The van der Waals surface area contributed by atoms with Gasteiger partial charge in [0.25, 0.3) is 0 Å². The topological polar surface area (TPSA) is 41.8 Å². The van der Waals surface area contributed by atoms with E-state index in [0.29, 0.717) is 0 Å². The molecule has 0 aliphatic rings. The number of nitrogens with one attached hydrogen (secondary N) is 1. The van der Waals surface area contributed by atoms with E-state index in [4.69, 9.17) is 5.73 Å². The van der Waals surface area contributed by atoms with Gasteiger partial charge in [0.1, 0.15) is 0 Å². The standard InChI is InChI=1S/C22H28N2.ClH/c1-2-3-9-17-13-14-21-20(16-17)19(12-7-8-15-23)22(24-21)18-10-5-4-6-11-18;/h4-6,10-11,13-14,16,24H,2-3,7-9,12,15,23H2,1H3;1H. The molecule has 0 fully saturated rings. The van der Waals surface area contributed by atoms with E-state index in [1.165, 1.54) is 52.5 Å². The molecule has 134 valence electrons. The van der Waals surface area contributed by atoms with Gasteiger partial charge in [0.15, 0.2) is 0 Å². The number of hydrogen-bond acceptors (Lipinski definition) is 1. The Hall–Kier alpha value is -1.77. The van der Waals surface area contributed by atoms with Gasteiger partial charge >= 0.3 is 0 Å². The first-order chi connectivity index (χ1) is 11.8. The monoisotopic (exact) mass is 356 g/mol. The minimum atomic E-state index is 0. The molecule has 0 aliphatic carbocycles. The highest BCUT2D eigenvalue weighted by Crippen LogP contribution is 2.32. The van der Waals surface area contributed by atoms with Crippen LogP contribution in [0.25, 0.3) is 22.2 Å². The fourth-order valence-electron chi connectivity index (χ4n) is 3.39. The van der Waals surface area contributed by atoms with Gasteiger partial charge < -0.3 is 10.7 Å². The van der Waals surface area contributed by atoms with Gasteiger partial charge in [-0.3, -0.25) is 0 Å². The molecule has 0 bridgehead atoms. The summed E-state index contributed by atoms with van der Waals surface area (Å²) in [5.74, 6) is 0. The van der Waals surface area contributed by atoms with Crippen LogP contribution in [0.3, 0.4) is 0 Å². The van der Waals surface area contributed by atoms with E-state index in [0.717, 1.165) is 25.8 Å². The quantitative estimate of drug-likeness (QED) is 0.486. The number of aryl methyl sites for hydroxylation is 2. The normalized spacial score (nSPS) is 10.8. The Morgan fingerprint density at radius 1 is 0.920 bits per heavy atom.